The Balaban J connectivity index is 0.000000748. The monoisotopic (exact) mass is 638 g/mol. The predicted octanol–water partition coefficient (Wildman–Crippen LogP) is 3.16. The highest BCUT2D eigenvalue weighted by atomic mass is 35.5. The number of halogens is 1. The number of piperidine rings is 1. The lowest BCUT2D eigenvalue weighted by Gasteiger charge is -2.43. The first kappa shape index (κ1) is 32.1. The van der Waals surface area contributed by atoms with Crippen molar-refractivity contribution in [1.29, 1.82) is 0 Å². The van der Waals surface area contributed by atoms with Crippen LogP contribution in [-0.4, -0.2) is 100 Å². The first-order chi connectivity index (χ1) is 19.8. The number of aromatic nitrogens is 1. The van der Waals surface area contributed by atoms with E-state index in [-0.39, 0.29) is 36.5 Å². The van der Waals surface area contributed by atoms with E-state index in [2.05, 4.69) is 9.88 Å². The number of hydrogen-bond donors (Lipinski definition) is 1. The Morgan fingerprint density at radius 3 is 2.26 bits per heavy atom. The number of ether oxygens (including phenoxy) is 1. The minimum absolute atomic E-state index is 0.170. The van der Waals surface area contributed by atoms with E-state index in [4.69, 9.17) is 20.9 Å². The highest BCUT2D eigenvalue weighted by molar-refractivity contribution is 7.89. The second-order valence-electron chi connectivity index (χ2n) is 10.5. The molecule has 3 heterocycles. The van der Waals surface area contributed by atoms with E-state index in [0.29, 0.717) is 23.7 Å². The zero-order valence-electron chi connectivity index (χ0n) is 23.5. The van der Waals surface area contributed by atoms with Gasteiger partial charge in [-0.25, -0.2) is 8.42 Å². The lowest BCUT2D eigenvalue weighted by Crippen LogP contribution is -2.60. The topological polar surface area (TPSA) is 137 Å². The SMILES string of the molecule is COC[C@@H]1CN(S(=O)(=O)c2ccc3cc(Cl)ccc3c2)CC(=O)N1CC1CCN(c2ccncc2)CC1.CS(=O)(=O)O. The molecule has 1 N–H and O–H groups in total. The first-order valence-corrected chi connectivity index (χ1v) is 17.1. The van der Waals surface area contributed by atoms with Gasteiger partial charge < -0.3 is 14.5 Å². The number of piperazine rings is 1. The standard InChI is InChI=1S/C27H31ClN4O4S.CH4O3S/c1-36-19-25-17-31(37(34,35)26-5-3-21-14-23(28)4-2-22(21)15-26)18-27(33)32(25)16-20-8-12-30(13-9-20)24-6-10-29-11-7-24;1-5(2,3)4/h2-7,10-11,14-15,20,25H,8-9,12-13,16-19H2,1H3;1H3,(H,2,3,4)/t25-;/m0./s1. The van der Waals surface area contributed by atoms with E-state index in [0.717, 1.165) is 42.4 Å². The predicted molar refractivity (Wildman–Crippen MR) is 162 cm³/mol. The number of pyridine rings is 1. The number of nitrogens with zero attached hydrogens (tertiary/aromatic N) is 4. The van der Waals surface area contributed by atoms with Crippen molar-refractivity contribution < 1.29 is 30.9 Å². The maximum Gasteiger partial charge on any atom is 0.261 e. The van der Waals surface area contributed by atoms with Crippen LogP contribution in [0.2, 0.25) is 5.02 Å². The molecule has 42 heavy (non-hydrogen) atoms. The normalized spacial score (nSPS) is 19.0. The largest absolute Gasteiger partial charge is 0.382 e. The first-order valence-electron chi connectivity index (χ1n) is 13.4. The number of amides is 1. The number of carbonyl (C=O) groups excluding carboxylic acids is 1. The van der Waals surface area contributed by atoms with Gasteiger partial charge in [0.25, 0.3) is 10.1 Å². The van der Waals surface area contributed by atoms with Crippen LogP contribution in [0, 0.1) is 5.92 Å². The summed E-state index contributed by atoms with van der Waals surface area (Å²) in [6.45, 7) is 2.76. The van der Waals surface area contributed by atoms with E-state index >= 15 is 0 Å². The lowest BCUT2D eigenvalue weighted by atomic mass is 9.95. The van der Waals surface area contributed by atoms with Crippen molar-refractivity contribution >= 4 is 54.1 Å². The van der Waals surface area contributed by atoms with Gasteiger partial charge in [-0.15, -0.1) is 0 Å². The molecule has 0 bridgehead atoms. The fourth-order valence-corrected chi connectivity index (χ4v) is 6.97. The molecule has 0 spiro atoms. The molecule has 2 fully saturated rings. The van der Waals surface area contributed by atoms with Gasteiger partial charge in [-0.1, -0.05) is 23.7 Å². The summed E-state index contributed by atoms with van der Waals surface area (Å²) >= 11 is 6.07. The summed E-state index contributed by atoms with van der Waals surface area (Å²) in [5.41, 5.74) is 1.16. The van der Waals surface area contributed by atoms with Crippen molar-refractivity contribution in [2.45, 2.75) is 23.8 Å². The Kier molecular flexibility index (Phi) is 10.4. The van der Waals surface area contributed by atoms with Crippen molar-refractivity contribution in [3.63, 3.8) is 0 Å². The van der Waals surface area contributed by atoms with Gasteiger partial charge in [0, 0.05) is 56.4 Å². The quantitative estimate of drug-likeness (QED) is 0.387. The molecule has 0 radical (unpaired) electrons. The fraction of sp³-hybridized carbons (Fsp3) is 0.429. The molecule has 1 aromatic heterocycles. The Morgan fingerprint density at radius 2 is 1.62 bits per heavy atom. The molecule has 2 saturated heterocycles. The summed E-state index contributed by atoms with van der Waals surface area (Å²) in [5.74, 6) is 0.179. The molecule has 2 aliphatic heterocycles. The van der Waals surface area contributed by atoms with Crippen molar-refractivity contribution in [1.82, 2.24) is 14.2 Å². The summed E-state index contributed by atoms with van der Waals surface area (Å²) in [6.07, 6.45) is 6.25. The Bertz CT molecular complexity index is 1590. The fourth-order valence-electron chi connectivity index (χ4n) is 5.32. The van der Waals surface area contributed by atoms with E-state index < -0.39 is 20.1 Å². The number of sulfonamides is 1. The molecule has 5 rings (SSSR count). The van der Waals surface area contributed by atoms with Crippen LogP contribution < -0.4 is 4.90 Å². The Labute approximate surface area is 251 Å². The van der Waals surface area contributed by atoms with Crippen LogP contribution in [0.1, 0.15) is 12.8 Å². The van der Waals surface area contributed by atoms with Crippen LogP contribution in [0.25, 0.3) is 10.8 Å². The Hall–Kier alpha value is -2.81. The van der Waals surface area contributed by atoms with Crippen LogP contribution >= 0.6 is 11.6 Å². The van der Waals surface area contributed by atoms with Gasteiger partial charge in [-0.3, -0.25) is 14.3 Å². The second-order valence-corrected chi connectivity index (χ2v) is 14.3. The zero-order chi connectivity index (χ0) is 30.5. The summed E-state index contributed by atoms with van der Waals surface area (Å²) in [6, 6.07) is 14.0. The summed E-state index contributed by atoms with van der Waals surface area (Å²) in [7, 11) is -5.94. The number of carbonyl (C=O) groups is 1. The van der Waals surface area contributed by atoms with Crippen molar-refractivity contribution in [3.8, 4) is 0 Å². The number of rotatable bonds is 7. The van der Waals surface area contributed by atoms with Crippen molar-refractivity contribution in [2.75, 3.05) is 57.6 Å². The Morgan fingerprint density at radius 1 is 1.00 bits per heavy atom. The minimum atomic E-state index is -3.86. The maximum atomic E-state index is 13.5. The number of anilines is 1. The average Bonchev–Trinajstić information content (AvgIpc) is 2.94. The van der Waals surface area contributed by atoms with Crippen molar-refractivity contribution in [2.24, 2.45) is 5.92 Å². The average molecular weight is 639 g/mol. The number of methoxy groups -OCH3 is 1. The highest BCUT2D eigenvalue weighted by Gasteiger charge is 2.39. The van der Waals surface area contributed by atoms with Gasteiger partial charge in [0.05, 0.1) is 30.3 Å². The van der Waals surface area contributed by atoms with Gasteiger partial charge in [-0.2, -0.15) is 12.7 Å². The maximum absolute atomic E-state index is 13.5. The van der Waals surface area contributed by atoms with Gasteiger partial charge in [-0.05, 0) is 65.9 Å². The second kappa shape index (κ2) is 13.7. The smallest absolute Gasteiger partial charge is 0.261 e. The molecular formula is C28H35ClN4O7S2. The van der Waals surface area contributed by atoms with Crippen LogP contribution in [0.15, 0.2) is 65.8 Å². The molecule has 3 aromatic rings. The zero-order valence-corrected chi connectivity index (χ0v) is 25.9. The van der Waals surface area contributed by atoms with Crippen LogP contribution in [0.5, 0.6) is 0 Å². The third-order valence-corrected chi connectivity index (χ3v) is 9.40. The molecule has 2 aromatic carbocycles. The van der Waals surface area contributed by atoms with Gasteiger partial charge >= 0.3 is 0 Å². The molecule has 0 saturated carbocycles. The van der Waals surface area contributed by atoms with Crippen molar-refractivity contribution in [3.05, 3.63) is 65.9 Å². The van der Waals surface area contributed by atoms with Gasteiger partial charge in [0.15, 0.2) is 0 Å². The van der Waals surface area contributed by atoms with E-state index in [1.165, 1.54) is 4.31 Å². The molecule has 228 valence electrons. The highest BCUT2D eigenvalue weighted by Crippen LogP contribution is 2.28. The summed E-state index contributed by atoms with van der Waals surface area (Å²) < 4.78 is 59.7. The lowest BCUT2D eigenvalue weighted by molar-refractivity contribution is -0.140. The van der Waals surface area contributed by atoms with Crippen LogP contribution in [-0.2, 0) is 29.7 Å². The van der Waals surface area contributed by atoms with E-state index in [9.17, 15) is 21.6 Å². The molecule has 14 heteroatoms. The van der Waals surface area contributed by atoms with Gasteiger partial charge in [0.1, 0.15) is 0 Å². The van der Waals surface area contributed by atoms with E-state index in [1.54, 1.807) is 55.9 Å². The summed E-state index contributed by atoms with van der Waals surface area (Å²) in [4.78, 5) is 21.8. The van der Waals surface area contributed by atoms with E-state index in [1.807, 2.05) is 17.0 Å². The molecule has 0 unspecified atom stereocenters. The van der Waals surface area contributed by atoms with Crippen LogP contribution in [0.3, 0.4) is 0 Å². The molecule has 11 nitrogen and oxygen atoms in total. The molecular weight excluding hydrogens is 604 g/mol. The number of fused-ring (bicyclic) bond motifs is 1. The third kappa shape index (κ3) is 8.39. The molecule has 1 amide bonds. The van der Waals surface area contributed by atoms with Crippen LogP contribution in [0.4, 0.5) is 5.69 Å². The summed E-state index contributed by atoms with van der Waals surface area (Å²) in [5, 5.41) is 2.23. The molecule has 0 aliphatic carbocycles. The minimum Gasteiger partial charge on any atom is -0.382 e. The molecule has 2 aliphatic rings. The number of benzene rings is 2. The third-order valence-electron chi connectivity index (χ3n) is 7.35. The molecule has 1 atom stereocenters. The van der Waals surface area contributed by atoms with Gasteiger partial charge in [0.2, 0.25) is 15.9 Å². The number of hydrogen-bond acceptors (Lipinski definition) is 8.